The van der Waals surface area contributed by atoms with Gasteiger partial charge in [0.2, 0.25) is 0 Å². The molecular weight excluding hydrogens is 120 g/mol. The van der Waals surface area contributed by atoms with Crippen LogP contribution >= 0.6 is 0 Å². The Morgan fingerprint density at radius 1 is 1.20 bits per heavy atom. The first-order valence-corrected chi connectivity index (χ1v) is 4.56. The van der Waals surface area contributed by atoms with Crippen molar-refractivity contribution in [2.24, 2.45) is 11.3 Å². The number of rotatable bonds is 4. The van der Waals surface area contributed by atoms with Gasteiger partial charge in [0, 0.05) is 0 Å². The number of hydrogen-bond donors (Lipinski definition) is 0. The Labute approximate surface area is 66.0 Å². The molecule has 1 atom stereocenters. The fraction of sp³-hybridized carbons (Fsp3) is 1.00. The molecule has 0 aromatic heterocycles. The topological polar surface area (TPSA) is 0 Å². The molecule has 10 heavy (non-hydrogen) atoms. The van der Waals surface area contributed by atoms with Crippen LogP contribution < -0.4 is 0 Å². The van der Waals surface area contributed by atoms with Gasteiger partial charge in [0.15, 0.2) is 0 Å². The fourth-order valence-corrected chi connectivity index (χ4v) is 1.44. The van der Waals surface area contributed by atoms with E-state index in [2.05, 4.69) is 34.6 Å². The van der Waals surface area contributed by atoms with E-state index in [4.69, 9.17) is 0 Å². The molecular formula is C10H22. The lowest BCUT2D eigenvalue weighted by atomic mass is 9.74. The van der Waals surface area contributed by atoms with Crippen molar-refractivity contribution in [3.8, 4) is 0 Å². The zero-order chi connectivity index (χ0) is 8.20. The summed E-state index contributed by atoms with van der Waals surface area (Å²) in [5, 5.41) is 0. The highest BCUT2D eigenvalue weighted by Crippen LogP contribution is 2.35. The van der Waals surface area contributed by atoms with E-state index in [0.29, 0.717) is 5.41 Å². The van der Waals surface area contributed by atoms with Crippen molar-refractivity contribution in [1.29, 1.82) is 0 Å². The van der Waals surface area contributed by atoms with Crippen molar-refractivity contribution >= 4 is 0 Å². The SMILES string of the molecule is CCC[C@@](C)(CC)C(C)C. The molecule has 0 saturated carbocycles. The van der Waals surface area contributed by atoms with Gasteiger partial charge in [-0.05, 0) is 17.8 Å². The molecule has 0 fully saturated rings. The molecule has 0 N–H and O–H groups in total. The summed E-state index contributed by atoms with van der Waals surface area (Å²) < 4.78 is 0. The van der Waals surface area contributed by atoms with Crippen molar-refractivity contribution in [3.63, 3.8) is 0 Å². The van der Waals surface area contributed by atoms with Crippen LogP contribution in [-0.2, 0) is 0 Å². The molecule has 0 amide bonds. The molecule has 0 aliphatic heterocycles. The molecule has 0 aromatic carbocycles. The smallest absolute Gasteiger partial charge is 0.0305 e. The van der Waals surface area contributed by atoms with Gasteiger partial charge in [0.05, 0.1) is 0 Å². The maximum Gasteiger partial charge on any atom is -0.0305 e. The summed E-state index contributed by atoms with van der Waals surface area (Å²) in [6, 6.07) is 0. The second-order valence-electron chi connectivity index (χ2n) is 3.91. The van der Waals surface area contributed by atoms with Crippen LogP contribution in [0.3, 0.4) is 0 Å². The Bertz CT molecular complexity index is 84.0. The summed E-state index contributed by atoms with van der Waals surface area (Å²) in [7, 11) is 0. The molecule has 0 spiro atoms. The van der Waals surface area contributed by atoms with Crippen LogP contribution in [-0.4, -0.2) is 0 Å². The highest BCUT2D eigenvalue weighted by atomic mass is 14.3. The van der Waals surface area contributed by atoms with Gasteiger partial charge in [0.25, 0.3) is 0 Å². The first kappa shape index (κ1) is 10.0. The lowest BCUT2D eigenvalue weighted by Crippen LogP contribution is -2.21. The van der Waals surface area contributed by atoms with Crippen LogP contribution in [0.2, 0.25) is 0 Å². The van der Waals surface area contributed by atoms with Gasteiger partial charge in [-0.1, -0.05) is 47.5 Å². The predicted octanol–water partition coefficient (Wildman–Crippen LogP) is 3.86. The van der Waals surface area contributed by atoms with Gasteiger partial charge < -0.3 is 0 Å². The van der Waals surface area contributed by atoms with Crippen molar-refractivity contribution in [2.45, 2.75) is 53.9 Å². The van der Waals surface area contributed by atoms with E-state index < -0.39 is 0 Å². The van der Waals surface area contributed by atoms with Crippen LogP contribution in [0, 0.1) is 11.3 Å². The highest BCUT2D eigenvalue weighted by molar-refractivity contribution is 4.75. The minimum absolute atomic E-state index is 0.592. The fourth-order valence-electron chi connectivity index (χ4n) is 1.44. The Balaban J connectivity index is 3.94. The van der Waals surface area contributed by atoms with E-state index in [1.54, 1.807) is 0 Å². The van der Waals surface area contributed by atoms with E-state index in [-0.39, 0.29) is 0 Å². The molecule has 0 bridgehead atoms. The Morgan fingerprint density at radius 2 is 1.70 bits per heavy atom. The van der Waals surface area contributed by atoms with Crippen molar-refractivity contribution < 1.29 is 0 Å². The summed E-state index contributed by atoms with van der Waals surface area (Å²) in [5.74, 6) is 0.831. The van der Waals surface area contributed by atoms with E-state index >= 15 is 0 Å². The molecule has 0 unspecified atom stereocenters. The molecule has 0 heterocycles. The molecule has 0 aliphatic rings. The third kappa shape index (κ3) is 2.32. The van der Waals surface area contributed by atoms with Gasteiger partial charge in [-0.15, -0.1) is 0 Å². The molecule has 0 aromatic rings. The summed E-state index contributed by atoms with van der Waals surface area (Å²) in [6.07, 6.45) is 4.02. The van der Waals surface area contributed by atoms with E-state index in [9.17, 15) is 0 Å². The van der Waals surface area contributed by atoms with Crippen molar-refractivity contribution in [3.05, 3.63) is 0 Å². The average Bonchev–Trinajstić information content (AvgIpc) is 1.88. The second-order valence-corrected chi connectivity index (χ2v) is 3.91. The Kier molecular flexibility index (Phi) is 4.00. The highest BCUT2D eigenvalue weighted by Gasteiger charge is 2.24. The third-order valence-corrected chi connectivity index (χ3v) is 3.02. The molecule has 0 aliphatic carbocycles. The Morgan fingerprint density at radius 3 is 1.80 bits per heavy atom. The van der Waals surface area contributed by atoms with Crippen LogP contribution in [0.15, 0.2) is 0 Å². The zero-order valence-electron chi connectivity index (χ0n) is 8.20. The van der Waals surface area contributed by atoms with Crippen molar-refractivity contribution in [2.75, 3.05) is 0 Å². The Hall–Kier alpha value is 0. The zero-order valence-corrected chi connectivity index (χ0v) is 8.20. The monoisotopic (exact) mass is 142 g/mol. The molecule has 0 heteroatoms. The van der Waals surface area contributed by atoms with Crippen LogP contribution in [0.5, 0.6) is 0 Å². The number of hydrogen-bond acceptors (Lipinski definition) is 0. The predicted molar refractivity (Wildman–Crippen MR) is 48.1 cm³/mol. The maximum absolute atomic E-state index is 2.40. The van der Waals surface area contributed by atoms with Gasteiger partial charge in [0.1, 0.15) is 0 Å². The molecule has 0 nitrogen and oxygen atoms in total. The summed E-state index contributed by atoms with van der Waals surface area (Å²) in [4.78, 5) is 0. The van der Waals surface area contributed by atoms with Crippen LogP contribution in [0.25, 0.3) is 0 Å². The standard InChI is InChI=1S/C10H22/c1-6-8-10(5,7-2)9(3)4/h9H,6-8H2,1-5H3/t10-/m1/s1. The second kappa shape index (κ2) is 4.00. The van der Waals surface area contributed by atoms with Crippen molar-refractivity contribution in [1.82, 2.24) is 0 Å². The first-order valence-electron chi connectivity index (χ1n) is 4.56. The van der Waals surface area contributed by atoms with Gasteiger partial charge in [-0.3, -0.25) is 0 Å². The van der Waals surface area contributed by atoms with Gasteiger partial charge in [-0.2, -0.15) is 0 Å². The normalized spacial score (nSPS) is 17.4. The third-order valence-electron chi connectivity index (χ3n) is 3.02. The molecule has 0 rings (SSSR count). The average molecular weight is 142 g/mol. The summed E-state index contributed by atoms with van der Waals surface area (Å²) in [5.41, 5.74) is 0.592. The quantitative estimate of drug-likeness (QED) is 0.559. The first-order chi connectivity index (χ1) is 4.56. The summed E-state index contributed by atoms with van der Waals surface area (Å²) in [6.45, 7) is 11.6. The largest absolute Gasteiger partial charge is 0.0654 e. The lowest BCUT2D eigenvalue weighted by molar-refractivity contribution is 0.188. The van der Waals surface area contributed by atoms with Crippen LogP contribution in [0.4, 0.5) is 0 Å². The molecule has 62 valence electrons. The minimum atomic E-state index is 0.592. The van der Waals surface area contributed by atoms with Crippen LogP contribution in [0.1, 0.15) is 53.9 Å². The van der Waals surface area contributed by atoms with E-state index in [1.165, 1.54) is 19.3 Å². The van der Waals surface area contributed by atoms with Gasteiger partial charge >= 0.3 is 0 Å². The molecule has 0 radical (unpaired) electrons. The summed E-state index contributed by atoms with van der Waals surface area (Å²) >= 11 is 0. The maximum atomic E-state index is 2.40. The van der Waals surface area contributed by atoms with Gasteiger partial charge in [-0.25, -0.2) is 0 Å². The lowest BCUT2D eigenvalue weighted by Gasteiger charge is -2.32. The molecule has 0 saturated heterocycles. The van der Waals surface area contributed by atoms with E-state index in [1.807, 2.05) is 0 Å². The minimum Gasteiger partial charge on any atom is -0.0654 e. The van der Waals surface area contributed by atoms with E-state index in [0.717, 1.165) is 5.92 Å².